The normalized spacial score (nSPS) is 16.3. The Hall–Kier alpha value is -1.86. The van der Waals surface area contributed by atoms with Gasteiger partial charge in [-0.25, -0.2) is 21.8 Å². The topological polar surface area (TPSA) is 114 Å². The standard InChI is InChI=1S/C20H20BrN3O5S3/c1-31(26,27)15-3-5-16(6-4-15)32(28,29)24-10-8-13(9-11-24)19(25)23-20-22-17-7-2-14(21)12-18(17)30-20/h2-7,12-13H,8-11H2,1H3,(H,22,23,25). The molecule has 0 bridgehead atoms. The van der Waals surface area contributed by atoms with Crippen LogP contribution in [0.15, 0.2) is 56.7 Å². The zero-order valence-corrected chi connectivity index (χ0v) is 21.0. The molecule has 0 atom stereocenters. The van der Waals surface area contributed by atoms with Crippen LogP contribution in [0.4, 0.5) is 5.13 Å². The highest BCUT2D eigenvalue weighted by molar-refractivity contribution is 9.10. The summed E-state index contributed by atoms with van der Waals surface area (Å²) in [5.41, 5.74) is 0.802. The van der Waals surface area contributed by atoms with Gasteiger partial charge in [0.2, 0.25) is 15.9 Å². The second-order valence-corrected chi connectivity index (χ2v) is 13.4. The van der Waals surface area contributed by atoms with Crippen molar-refractivity contribution in [1.29, 1.82) is 0 Å². The lowest BCUT2D eigenvalue weighted by atomic mass is 9.97. The molecule has 1 aromatic heterocycles. The van der Waals surface area contributed by atoms with Crippen molar-refractivity contribution >= 4 is 68.4 Å². The van der Waals surface area contributed by atoms with Crippen LogP contribution in [0.3, 0.4) is 0 Å². The molecule has 0 spiro atoms. The summed E-state index contributed by atoms with van der Waals surface area (Å²) in [6.45, 7) is 0.419. The summed E-state index contributed by atoms with van der Waals surface area (Å²) >= 11 is 4.80. The van der Waals surface area contributed by atoms with Gasteiger partial charge in [0.05, 0.1) is 20.0 Å². The van der Waals surface area contributed by atoms with Gasteiger partial charge in [0.1, 0.15) is 0 Å². The molecule has 12 heteroatoms. The van der Waals surface area contributed by atoms with Crippen LogP contribution < -0.4 is 5.32 Å². The fourth-order valence-corrected chi connectivity index (χ4v) is 7.05. The molecule has 2 aromatic carbocycles. The van der Waals surface area contributed by atoms with Crippen LogP contribution in [0.5, 0.6) is 0 Å². The van der Waals surface area contributed by atoms with E-state index in [-0.39, 0.29) is 34.7 Å². The van der Waals surface area contributed by atoms with Crippen LogP contribution in [-0.4, -0.2) is 51.4 Å². The van der Waals surface area contributed by atoms with Crippen molar-refractivity contribution < 1.29 is 21.6 Å². The third-order valence-corrected chi connectivity index (χ3v) is 9.76. The fraction of sp³-hybridized carbons (Fsp3) is 0.300. The lowest BCUT2D eigenvalue weighted by molar-refractivity contribution is -0.120. The van der Waals surface area contributed by atoms with E-state index in [1.165, 1.54) is 39.9 Å². The number of amides is 1. The molecule has 0 radical (unpaired) electrons. The number of benzene rings is 2. The summed E-state index contributed by atoms with van der Waals surface area (Å²) in [6, 6.07) is 10.9. The van der Waals surface area contributed by atoms with E-state index in [2.05, 4.69) is 26.2 Å². The number of rotatable bonds is 5. The molecular weight excluding hydrogens is 538 g/mol. The Kier molecular flexibility index (Phi) is 6.43. The Morgan fingerprint density at radius 2 is 1.69 bits per heavy atom. The summed E-state index contributed by atoms with van der Waals surface area (Å²) in [6.07, 6.45) is 1.85. The van der Waals surface area contributed by atoms with Crippen LogP contribution >= 0.6 is 27.3 Å². The molecule has 0 aliphatic carbocycles. The quantitative estimate of drug-likeness (QED) is 0.513. The van der Waals surface area contributed by atoms with Gasteiger partial charge in [-0.2, -0.15) is 4.31 Å². The Bertz CT molecular complexity index is 1380. The highest BCUT2D eigenvalue weighted by Gasteiger charge is 2.32. The zero-order valence-electron chi connectivity index (χ0n) is 17.0. The van der Waals surface area contributed by atoms with Crippen LogP contribution in [0.1, 0.15) is 12.8 Å². The molecule has 1 amide bonds. The first-order chi connectivity index (χ1) is 15.0. The smallest absolute Gasteiger partial charge is 0.243 e. The zero-order chi connectivity index (χ0) is 23.1. The van der Waals surface area contributed by atoms with Gasteiger partial charge < -0.3 is 5.32 Å². The van der Waals surface area contributed by atoms with Crippen LogP contribution in [0, 0.1) is 5.92 Å². The number of carbonyl (C=O) groups excluding carboxylic acids is 1. The molecule has 3 aromatic rings. The van der Waals surface area contributed by atoms with Gasteiger partial charge >= 0.3 is 0 Å². The summed E-state index contributed by atoms with van der Waals surface area (Å²) in [4.78, 5) is 17.2. The number of sulfone groups is 1. The third kappa shape index (κ3) is 4.88. The van der Waals surface area contributed by atoms with Crippen molar-refractivity contribution in [3.8, 4) is 0 Å². The maximum Gasteiger partial charge on any atom is 0.243 e. The Morgan fingerprint density at radius 1 is 1.06 bits per heavy atom. The number of halogens is 1. The van der Waals surface area contributed by atoms with E-state index in [9.17, 15) is 21.6 Å². The molecule has 170 valence electrons. The van der Waals surface area contributed by atoms with Gasteiger partial charge in [0.15, 0.2) is 15.0 Å². The highest BCUT2D eigenvalue weighted by Crippen LogP contribution is 2.30. The maximum absolute atomic E-state index is 12.9. The van der Waals surface area contributed by atoms with E-state index in [4.69, 9.17) is 0 Å². The van der Waals surface area contributed by atoms with Gasteiger partial charge in [-0.15, -0.1) is 0 Å². The molecule has 8 nitrogen and oxygen atoms in total. The number of anilines is 1. The lowest BCUT2D eigenvalue weighted by Crippen LogP contribution is -2.41. The molecule has 2 heterocycles. The molecule has 1 fully saturated rings. The molecule has 1 saturated heterocycles. The van der Waals surface area contributed by atoms with E-state index in [0.29, 0.717) is 18.0 Å². The number of thiazole rings is 1. The van der Waals surface area contributed by atoms with E-state index < -0.39 is 19.9 Å². The van der Waals surface area contributed by atoms with Gasteiger partial charge in [-0.3, -0.25) is 4.79 Å². The molecule has 1 N–H and O–H groups in total. The van der Waals surface area contributed by atoms with Crippen molar-refractivity contribution in [1.82, 2.24) is 9.29 Å². The maximum atomic E-state index is 12.9. The number of nitrogens with one attached hydrogen (secondary N) is 1. The second-order valence-electron chi connectivity index (χ2n) is 7.54. The van der Waals surface area contributed by atoms with Crippen molar-refractivity contribution in [2.75, 3.05) is 24.7 Å². The average Bonchev–Trinajstić information content (AvgIpc) is 3.14. The molecule has 1 aliphatic rings. The fourth-order valence-electron chi connectivity index (χ4n) is 3.53. The molecule has 32 heavy (non-hydrogen) atoms. The lowest BCUT2D eigenvalue weighted by Gasteiger charge is -2.30. The first kappa shape index (κ1) is 23.3. The molecule has 1 aliphatic heterocycles. The molecule has 4 rings (SSSR count). The third-order valence-electron chi connectivity index (χ3n) is 5.29. The van der Waals surface area contributed by atoms with Crippen LogP contribution in [-0.2, 0) is 24.7 Å². The number of fused-ring (bicyclic) bond motifs is 1. The van der Waals surface area contributed by atoms with Gasteiger partial charge in [-0.1, -0.05) is 27.3 Å². The van der Waals surface area contributed by atoms with E-state index in [0.717, 1.165) is 20.9 Å². The molecule has 0 unspecified atom stereocenters. The Labute approximate surface area is 198 Å². The first-order valence-corrected chi connectivity index (χ1v) is 14.7. The van der Waals surface area contributed by atoms with Crippen molar-refractivity contribution in [3.05, 3.63) is 46.9 Å². The number of aromatic nitrogens is 1. The largest absolute Gasteiger partial charge is 0.302 e. The second kappa shape index (κ2) is 8.82. The summed E-state index contributed by atoms with van der Waals surface area (Å²) in [7, 11) is -7.16. The molecule has 0 saturated carbocycles. The van der Waals surface area contributed by atoms with Gasteiger partial charge in [0, 0.05) is 29.7 Å². The number of carbonyl (C=O) groups is 1. The van der Waals surface area contributed by atoms with Crippen LogP contribution in [0.2, 0.25) is 0 Å². The average molecular weight is 559 g/mol. The Balaban J connectivity index is 1.39. The van der Waals surface area contributed by atoms with Crippen molar-refractivity contribution in [2.45, 2.75) is 22.6 Å². The minimum atomic E-state index is -3.76. The first-order valence-electron chi connectivity index (χ1n) is 9.71. The predicted molar refractivity (Wildman–Crippen MR) is 127 cm³/mol. The Morgan fingerprint density at radius 3 is 2.31 bits per heavy atom. The minimum absolute atomic E-state index is 0.0356. The summed E-state index contributed by atoms with van der Waals surface area (Å²) < 4.78 is 52.2. The number of sulfonamides is 1. The molecular formula is C20H20BrN3O5S3. The monoisotopic (exact) mass is 557 g/mol. The summed E-state index contributed by atoms with van der Waals surface area (Å²) in [5, 5.41) is 3.37. The van der Waals surface area contributed by atoms with E-state index in [1.54, 1.807) is 0 Å². The number of hydrogen-bond acceptors (Lipinski definition) is 7. The number of hydrogen-bond donors (Lipinski definition) is 1. The SMILES string of the molecule is CS(=O)(=O)c1ccc(S(=O)(=O)N2CCC(C(=O)Nc3nc4ccc(Br)cc4s3)CC2)cc1. The minimum Gasteiger partial charge on any atom is -0.302 e. The van der Waals surface area contributed by atoms with Gasteiger partial charge in [-0.05, 0) is 55.3 Å². The number of piperidine rings is 1. The van der Waals surface area contributed by atoms with Crippen LogP contribution in [0.25, 0.3) is 10.2 Å². The highest BCUT2D eigenvalue weighted by atomic mass is 79.9. The van der Waals surface area contributed by atoms with Crippen molar-refractivity contribution in [2.24, 2.45) is 5.92 Å². The van der Waals surface area contributed by atoms with E-state index in [1.807, 2.05) is 18.2 Å². The van der Waals surface area contributed by atoms with E-state index >= 15 is 0 Å². The van der Waals surface area contributed by atoms with Gasteiger partial charge in [0.25, 0.3) is 0 Å². The predicted octanol–water partition coefficient (Wildman–Crippen LogP) is 3.50. The summed E-state index contributed by atoms with van der Waals surface area (Å²) in [5.74, 6) is -0.481. The van der Waals surface area contributed by atoms with Crippen molar-refractivity contribution in [3.63, 3.8) is 0 Å². The number of nitrogens with zero attached hydrogens (tertiary/aromatic N) is 2.